The Balaban J connectivity index is 1.93. The molecule has 0 aromatic heterocycles. The fourth-order valence-electron chi connectivity index (χ4n) is 3.24. The molecule has 0 radical (unpaired) electrons. The first-order chi connectivity index (χ1) is 11.0. The first-order valence-electron chi connectivity index (χ1n) is 7.66. The number of nitrogens with two attached hydrogens (primary N) is 1. The Bertz CT molecular complexity index is 724. The van der Waals surface area contributed by atoms with Crippen molar-refractivity contribution in [3.05, 3.63) is 41.0 Å². The summed E-state index contributed by atoms with van der Waals surface area (Å²) >= 11 is 0. The molecule has 2 aliphatic heterocycles. The maximum atomic E-state index is 12.7. The fourth-order valence-corrected chi connectivity index (χ4v) is 3.24. The van der Waals surface area contributed by atoms with Crippen LogP contribution in [0.15, 0.2) is 24.3 Å². The van der Waals surface area contributed by atoms with Crippen LogP contribution in [0.2, 0.25) is 0 Å². The van der Waals surface area contributed by atoms with Gasteiger partial charge in [0.2, 0.25) is 11.8 Å². The molecule has 1 unspecified atom stereocenters. The second kappa shape index (κ2) is 5.96. The van der Waals surface area contributed by atoms with E-state index in [1.165, 1.54) is 0 Å². The number of carbonyl (C=O) groups excluding carboxylic acids is 3. The van der Waals surface area contributed by atoms with Gasteiger partial charge in [0.05, 0.1) is 0 Å². The number of rotatable bonds is 3. The molecule has 6 heteroatoms. The lowest BCUT2D eigenvalue weighted by Crippen LogP contribution is -2.52. The van der Waals surface area contributed by atoms with Gasteiger partial charge in [-0.05, 0) is 36.1 Å². The number of amides is 3. The van der Waals surface area contributed by atoms with Gasteiger partial charge >= 0.3 is 0 Å². The number of fused-ring (bicyclic) bond motifs is 1. The molecule has 0 spiro atoms. The normalized spacial score (nSPS) is 21.5. The van der Waals surface area contributed by atoms with Gasteiger partial charge in [0, 0.05) is 25.1 Å². The quantitative estimate of drug-likeness (QED) is 0.808. The van der Waals surface area contributed by atoms with Crippen molar-refractivity contribution in [3.63, 3.8) is 0 Å². The number of carbonyl (C=O) groups is 3. The molecular formula is C17H19N3O3. The highest BCUT2D eigenvalue weighted by Gasteiger charge is 2.39. The summed E-state index contributed by atoms with van der Waals surface area (Å²) in [4.78, 5) is 37.6. The van der Waals surface area contributed by atoms with Crippen LogP contribution in [-0.4, -0.2) is 35.2 Å². The summed E-state index contributed by atoms with van der Waals surface area (Å²) in [5.74, 6) is -0.826. The monoisotopic (exact) mass is 313 g/mol. The van der Waals surface area contributed by atoms with Crippen LogP contribution in [0.25, 0.3) is 5.57 Å². The molecule has 1 saturated heterocycles. The highest BCUT2D eigenvalue weighted by Crippen LogP contribution is 2.32. The molecule has 0 saturated carbocycles. The van der Waals surface area contributed by atoms with Crippen LogP contribution in [0, 0.1) is 0 Å². The van der Waals surface area contributed by atoms with Crippen molar-refractivity contribution in [1.29, 1.82) is 0 Å². The Morgan fingerprint density at radius 1 is 1.39 bits per heavy atom. The smallest absolute Gasteiger partial charge is 0.255 e. The molecule has 1 atom stereocenters. The van der Waals surface area contributed by atoms with Gasteiger partial charge < -0.3 is 10.6 Å². The Kier molecular flexibility index (Phi) is 4.00. The van der Waals surface area contributed by atoms with E-state index in [0.717, 1.165) is 16.7 Å². The first kappa shape index (κ1) is 15.4. The number of hydrogen-bond acceptors (Lipinski definition) is 4. The van der Waals surface area contributed by atoms with Crippen LogP contribution in [0.1, 0.15) is 41.3 Å². The summed E-state index contributed by atoms with van der Waals surface area (Å²) in [7, 11) is 0. The van der Waals surface area contributed by atoms with Crippen LogP contribution in [0.5, 0.6) is 0 Å². The van der Waals surface area contributed by atoms with E-state index >= 15 is 0 Å². The highest BCUT2D eigenvalue weighted by molar-refractivity contribution is 6.06. The number of imide groups is 1. The third-order valence-electron chi connectivity index (χ3n) is 4.43. The van der Waals surface area contributed by atoms with E-state index < -0.39 is 11.9 Å². The predicted molar refractivity (Wildman–Crippen MR) is 85.2 cm³/mol. The summed E-state index contributed by atoms with van der Waals surface area (Å²) < 4.78 is 0. The second-order valence-electron chi connectivity index (χ2n) is 5.85. The van der Waals surface area contributed by atoms with E-state index in [-0.39, 0.29) is 18.2 Å². The maximum Gasteiger partial charge on any atom is 0.255 e. The molecule has 0 bridgehead atoms. The molecule has 2 heterocycles. The van der Waals surface area contributed by atoms with Crippen LogP contribution in [0.3, 0.4) is 0 Å². The SMILES string of the molecule is C/C(=C\CN)c1cccc2c1CN(C1CCC(=O)NC1=O)C2=O. The number of allylic oxidation sites excluding steroid dienone is 1. The predicted octanol–water partition coefficient (Wildman–Crippen LogP) is 0.810. The van der Waals surface area contributed by atoms with Gasteiger partial charge in [-0.3, -0.25) is 19.7 Å². The lowest BCUT2D eigenvalue weighted by molar-refractivity contribution is -0.136. The standard InChI is InChI=1S/C17H19N3O3/c1-10(7-8-18)11-3-2-4-12-13(11)9-20(17(12)23)14-5-6-15(21)19-16(14)22/h2-4,7,14H,5-6,8-9,18H2,1H3,(H,19,21,22)/b10-7+. The molecule has 1 aromatic rings. The minimum Gasteiger partial charge on any atom is -0.327 e. The first-order valence-corrected chi connectivity index (χ1v) is 7.66. The van der Waals surface area contributed by atoms with Crippen LogP contribution in [-0.2, 0) is 16.1 Å². The molecule has 1 fully saturated rings. The van der Waals surface area contributed by atoms with Gasteiger partial charge in [0.15, 0.2) is 0 Å². The van der Waals surface area contributed by atoms with Gasteiger partial charge in [-0.25, -0.2) is 0 Å². The molecule has 1 aromatic carbocycles. The highest BCUT2D eigenvalue weighted by atomic mass is 16.2. The summed E-state index contributed by atoms with van der Waals surface area (Å²) in [5.41, 5.74) is 9.12. The number of nitrogens with one attached hydrogen (secondary N) is 1. The van der Waals surface area contributed by atoms with Crippen molar-refractivity contribution in [1.82, 2.24) is 10.2 Å². The molecule has 3 N–H and O–H groups in total. The van der Waals surface area contributed by atoms with E-state index in [1.807, 2.05) is 25.1 Å². The zero-order chi connectivity index (χ0) is 16.6. The lowest BCUT2D eigenvalue weighted by atomic mass is 9.97. The van der Waals surface area contributed by atoms with E-state index in [4.69, 9.17) is 5.73 Å². The van der Waals surface area contributed by atoms with Gasteiger partial charge in [-0.15, -0.1) is 0 Å². The third kappa shape index (κ3) is 2.66. The third-order valence-corrected chi connectivity index (χ3v) is 4.43. The van der Waals surface area contributed by atoms with Crippen LogP contribution >= 0.6 is 0 Å². The fraction of sp³-hybridized carbons (Fsp3) is 0.353. The summed E-state index contributed by atoms with van der Waals surface area (Å²) in [6.45, 7) is 2.77. The average Bonchev–Trinajstić information content (AvgIpc) is 2.85. The van der Waals surface area contributed by atoms with Gasteiger partial charge in [0.1, 0.15) is 6.04 Å². The Morgan fingerprint density at radius 2 is 2.17 bits per heavy atom. The summed E-state index contributed by atoms with van der Waals surface area (Å²) in [5, 5.41) is 2.31. The van der Waals surface area contributed by atoms with E-state index in [0.29, 0.717) is 25.1 Å². The van der Waals surface area contributed by atoms with E-state index in [1.54, 1.807) is 11.0 Å². The Labute approximate surface area is 134 Å². The van der Waals surface area contributed by atoms with Gasteiger partial charge in [-0.1, -0.05) is 18.2 Å². The number of nitrogens with zero attached hydrogens (tertiary/aromatic N) is 1. The molecule has 3 amide bonds. The molecule has 6 nitrogen and oxygen atoms in total. The molecule has 120 valence electrons. The number of benzene rings is 1. The summed E-state index contributed by atoms with van der Waals surface area (Å²) in [6, 6.07) is 5.00. The van der Waals surface area contributed by atoms with Crippen molar-refractivity contribution >= 4 is 23.3 Å². The zero-order valence-electron chi connectivity index (χ0n) is 13.0. The average molecular weight is 313 g/mol. The molecule has 23 heavy (non-hydrogen) atoms. The minimum atomic E-state index is -0.584. The molecule has 2 aliphatic rings. The Morgan fingerprint density at radius 3 is 2.87 bits per heavy atom. The van der Waals surface area contributed by atoms with Crippen molar-refractivity contribution in [3.8, 4) is 0 Å². The van der Waals surface area contributed by atoms with Crippen LogP contribution in [0.4, 0.5) is 0 Å². The number of hydrogen-bond donors (Lipinski definition) is 2. The van der Waals surface area contributed by atoms with Crippen LogP contribution < -0.4 is 11.1 Å². The van der Waals surface area contributed by atoms with Crippen molar-refractivity contribution in [2.45, 2.75) is 32.4 Å². The van der Waals surface area contributed by atoms with E-state index in [2.05, 4.69) is 5.32 Å². The molecule has 3 rings (SSSR count). The molecule has 0 aliphatic carbocycles. The lowest BCUT2D eigenvalue weighted by Gasteiger charge is -2.29. The summed E-state index contributed by atoms with van der Waals surface area (Å²) in [6.07, 6.45) is 2.54. The maximum absolute atomic E-state index is 12.7. The number of piperidine rings is 1. The van der Waals surface area contributed by atoms with Gasteiger partial charge in [-0.2, -0.15) is 0 Å². The van der Waals surface area contributed by atoms with Gasteiger partial charge in [0.25, 0.3) is 5.91 Å². The topological polar surface area (TPSA) is 92.5 Å². The largest absolute Gasteiger partial charge is 0.327 e. The second-order valence-corrected chi connectivity index (χ2v) is 5.85. The van der Waals surface area contributed by atoms with Crippen molar-refractivity contribution < 1.29 is 14.4 Å². The zero-order valence-corrected chi connectivity index (χ0v) is 13.0. The minimum absolute atomic E-state index is 0.156. The van der Waals surface area contributed by atoms with Crippen molar-refractivity contribution in [2.75, 3.05) is 6.54 Å². The van der Waals surface area contributed by atoms with E-state index in [9.17, 15) is 14.4 Å². The Hall–Kier alpha value is -2.47. The van der Waals surface area contributed by atoms with Crippen molar-refractivity contribution in [2.24, 2.45) is 5.73 Å². The molecular weight excluding hydrogens is 294 g/mol.